The van der Waals surface area contributed by atoms with Gasteiger partial charge in [0.1, 0.15) is 5.75 Å². The molecule has 122 valence electrons. The van der Waals surface area contributed by atoms with Crippen LogP contribution in [-0.4, -0.2) is 33.2 Å². The van der Waals surface area contributed by atoms with E-state index in [-0.39, 0.29) is 5.91 Å². The number of hydrogen-bond acceptors (Lipinski definition) is 2. The number of likely N-dealkylation sites (N-methyl/N-ethyl adjacent to an activating group) is 1. The summed E-state index contributed by atoms with van der Waals surface area (Å²) >= 11 is 6.04. The summed E-state index contributed by atoms with van der Waals surface area (Å²) in [6, 6.07) is 15.3. The van der Waals surface area contributed by atoms with Crippen LogP contribution in [0.25, 0.3) is 0 Å². The third-order valence-corrected chi connectivity index (χ3v) is 3.94. The van der Waals surface area contributed by atoms with E-state index in [1.165, 1.54) is 5.56 Å². The van der Waals surface area contributed by atoms with Crippen molar-refractivity contribution in [3.05, 3.63) is 59.1 Å². The van der Waals surface area contributed by atoms with Crippen molar-refractivity contribution in [3.8, 4) is 5.75 Å². The van der Waals surface area contributed by atoms with Crippen LogP contribution in [-0.2, 0) is 11.2 Å². The molecule has 5 heteroatoms. The van der Waals surface area contributed by atoms with E-state index in [0.29, 0.717) is 17.3 Å². The van der Waals surface area contributed by atoms with Crippen LogP contribution in [0.2, 0.25) is 5.02 Å². The van der Waals surface area contributed by atoms with Crippen molar-refractivity contribution in [2.24, 2.45) is 0 Å². The van der Waals surface area contributed by atoms with Gasteiger partial charge in [0.15, 0.2) is 6.54 Å². The first-order valence-corrected chi connectivity index (χ1v) is 7.95. The topological polar surface area (TPSA) is 42.8 Å². The second-order valence-corrected chi connectivity index (χ2v) is 5.92. The second-order valence-electron chi connectivity index (χ2n) is 5.51. The lowest BCUT2D eigenvalue weighted by molar-refractivity contribution is -0.870. The van der Waals surface area contributed by atoms with Crippen LogP contribution in [0.1, 0.15) is 5.56 Å². The number of ether oxygens (including phenoxy) is 1. The van der Waals surface area contributed by atoms with Crippen LogP contribution < -0.4 is 15.0 Å². The molecule has 2 N–H and O–H groups in total. The maximum Gasteiger partial charge on any atom is 0.279 e. The summed E-state index contributed by atoms with van der Waals surface area (Å²) in [5.74, 6) is 0.818. The first kappa shape index (κ1) is 17.3. The molecule has 2 aromatic carbocycles. The molecular formula is C18H22ClN2O2+. The smallest absolute Gasteiger partial charge is 0.279 e. The molecule has 0 heterocycles. The minimum Gasteiger partial charge on any atom is -0.497 e. The number of anilines is 1. The summed E-state index contributed by atoms with van der Waals surface area (Å²) in [5.41, 5.74) is 1.89. The summed E-state index contributed by atoms with van der Waals surface area (Å²) < 4.78 is 5.14. The van der Waals surface area contributed by atoms with E-state index < -0.39 is 0 Å². The fraction of sp³-hybridized carbons (Fsp3) is 0.278. The number of para-hydroxylation sites is 1. The molecule has 1 unspecified atom stereocenters. The monoisotopic (exact) mass is 333 g/mol. The lowest BCUT2D eigenvalue weighted by Crippen LogP contribution is -3.10. The summed E-state index contributed by atoms with van der Waals surface area (Å²) in [6.45, 7) is 1.28. The molecule has 23 heavy (non-hydrogen) atoms. The molecule has 0 radical (unpaired) electrons. The van der Waals surface area contributed by atoms with Gasteiger partial charge in [-0.15, -0.1) is 0 Å². The Bertz CT molecular complexity index is 644. The number of methoxy groups -OCH3 is 1. The zero-order valence-electron chi connectivity index (χ0n) is 13.4. The van der Waals surface area contributed by atoms with E-state index in [1.54, 1.807) is 19.2 Å². The van der Waals surface area contributed by atoms with E-state index in [2.05, 4.69) is 17.4 Å². The van der Waals surface area contributed by atoms with Crippen molar-refractivity contribution in [2.75, 3.05) is 32.6 Å². The molecule has 4 nitrogen and oxygen atoms in total. The maximum atomic E-state index is 12.1. The molecule has 0 aliphatic heterocycles. The Morgan fingerprint density at radius 1 is 1.17 bits per heavy atom. The highest BCUT2D eigenvalue weighted by atomic mass is 35.5. The number of carbonyl (C=O) groups is 1. The van der Waals surface area contributed by atoms with Gasteiger partial charge in [-0.3, -0.25) is 4.79 Å². The van der Waals surface area contributed by atoms with Crippen LogP contribution in [0.4, 0.5) is 5.69 Å². The van der Waals surface area contributed by atoms with Crippen LogP contribution in [0.15, 0.2) is 48.5 Å². The molecule has 0 aliphatic carbocycles. The van der Waals surface area contributed by atoms with Crippen molar-refractivity contribution in [1.29, 1.82) is 0 Å². The molecule has 0 bridgehead atoms. The predicted octanol–water partition coefficient (Wildman–Crippen LogP) is 2.04. The molecular weight excluding hydrogens is 312 g/mol. The standard InChI is InChI=1S/C18H21ClN2O2/c1-21(12-11-14-7-9-15(23-2)10-8-14)13-18(22)20-17-6-4-3-5-16(17)19/h3-10H,11-13H2,1-2H3,(H,20,22)/p+1. The van der Waals surface area contributed by atoms with Gasteiger partial charge in [-0.05, 0) is 29.8 Å². The van der Waals surface area contributed by atoms with Gasteiger partial charge in [-0.2, -0.15) is 0 Å². The summed E-state index contributed by atoms with van der Waals surface area (Å²) in [4.78, 5) is 13.2. The van der Waals surface area contributed by atoms with Crippen LogP contribution in [0, 0.1) is 0 Å². The highest BCUT2D eigenvalue weighted by molar-refractivity contribution is 6.33. The first-order valence-electron chi connectivity index (χ1n) is 7.57. The van der Waals surface area contributed by atoms with Gasteiger partial charge in [-0.25, -0.2) is 0 Å². The first-order chi connectivity index (χ1) is 11.1. The van der Waals surface area contributed by atoms with Crippen LogP contribution in [0.3, 0.4) is 0 Å². The van der Waals surface area contributed by atoms with Crippen LogP contribution in [0.5, 0.6) is 5.75 Å². The SMILES string of the molecule is COc1ccc(CC[NH+](C)CC(=O)Nc2ccccc2Cl)cc1. The molecule has 1 amide bonds. The van der Waals surface area contributed by atoms with Crippen molar-refractivity contribution in [3.63, 3.8) is 0 Å². The van der Waals surface area contributed by atoms with Gasteiger partial charge in [0.2, 0.25) is 0 Å². The predicted molar refractivity (Wildman–Crippen MR) is 93.4 cm³/mol. The molecule has 2 rings (SSSR count). The largest absolute Gasteiger partial charge is 0.497 e. The number of rotatable bonds is 7. The minimum absolute atomic E-state index is 0.0367. The Morgan fingerprint density at radius 2 is 1.87 bits per heavy atom. The lowest BCUT2D eigenvalue weighted by Gasteiger charge is -2.14. The Labute approximate surface area is 142 Å². The molecule has 0 saturated carbocycles. The highest BCUT2D eigenvalue weighted by Gasteiger charge is 2.11. The average Bonchev–Trinajstić information content (AvgIpc) is 2.55. The lowest BCUT2D eigenvalue weighted by atomic mass is 10.1. The fourth-order valence-corrected chi connectivity index (χ4v) is 2.45. The number of hydrogen-bond donors (Lipinski definition) is 2. The van der Waals surface area contributed by atoms with Gasteiger partial charge < -0.3 is 15.0 Å². The second kappa shape index (κ2) is 8.56. The van der Waals surface area contributed by atoms with Crippen molar-refractivity contribution in [2.45, 2.75) is 6.42 Å². The van der Waals surface area contributed by atoms with E-state index in [9.17, 15) is 4.79 Å². The van der Waals surface area contributed by atoms with Gasteiger partial charge in [0.25, 0.3) is 5.91 Å². The average molecular weight is 334 g/mol. The molecule has 2 aromatic rings. The Morgan fingerprint density at radius 3 is 2.52 bits per heavy atom. The highest BCUT2D eigenvalue weighted by Crippen LogP contribution is 2.19. The number of quaternary nitrogens is 1. The summed E-state index contributed by atoms with van der Waals surface area (Å²) in [7, 11) is 3.67. The van der Waals surface area contributed by atoms with Gasteiger partial charge >= 0.3 is 0 Å². The van der Waals surface area contributed by atoms with Crippen molar-refractivity contribution < 1.29 is 14.4 Å². The quantitative estimate of drug-likeness (QED) is 0.814. The third kappa shape index (κ3) is 5.58. The number of benzene rings is 2. The number of halogens is 1. The van der Waals surface area contributed by atoms with Gasteiger partial charge in [0, 0.05) is 6.42 Å². The fourth-order valence-electron chi connectivity index (χ4n) is 2.27. The molecule has 1 atom stereocenters. The van der Waals surface area contributed by atoms with E-state index in [4.69, 9.17) is 16.3 Å². The van der Waals surface area contributed by atoms with Crippen LogP contribution >= 0.6 is 11.6 Å². The molecule has 0 aliphatic rings. The molecule has 0 spiro atoms. The Hall–Kier alpha value is -2.04. The van der Waals surface area contributed by atoms with E-state index in [1.807, 2.05) is 31.3 Å². The Balaban J connectivity index is 1.78. The van der Waals surface area contributed by atoms with E-state index in [0.717, 1.165) is 23.6 Å². The summed E-state index contributed by atoms with van der Waals surface area (Å²) in [5, 5.41) is 3.40. The summed E-state index contributed by atoms with van der Waals surface area (Å²) in [6.07, 6.45) is 0.912. The maximum absolute atomic E-state index is 12.1. The molecule has 0 saturated heterocycles. The number of amides is 1. The number of carbonyl (C=O) groups excluding carboxylic acids is 1. The Kier molecular flexibility index (Phi) is 6.44. The number of nitrogens with one attached hydrogen (secondary N) is 2. The zero-order chi connectivity index (χ0) is 16.7. The van der Waals surface area contributed by atoms with Gasteiger partial charge in [-0.1, -0.05) is 35.9 Å². The van der Waals surface area contributed by atoms with Gasteiger partial charge in [0.05, 0.1) is 31.4 Å². The zero-order valence-corrected chi connectivity index (χ0v) is 14.2. The molecule has 0 fully saturated rings. The van der Waals surface area contributed by atoms with Crippen molar-refractivity contribution in [1.82, 2.24) is 0 Å². The minimum atomic E-state index is -0.0367. The van der Waals surface area contributed by atoms with E-state index >= 15 is 0 Å². The normalized spacial score (nSPS) is 11.8. The van der Waals surface area contributed by atoms with Crippen molar-refractivity contribution >= 4 is 23.2 Å². The molecule has 0 aromatic heterocycles. The third-order valence-electron chi connectivity index (χ3n) is 3.61.